The van der Waals surface area contributed by atoms with Crippen LogP contribution in [0.3, 0.4) is 0 Å². The van der Waals surface area contributed by atoms with E-state index in [0.29, 0.717) is 42.1 Å². The number of esters is 2. The molecule has 0 spiro atoms. The Morgan fingerprint density at radius 1 is 1.02 bits per heavy atom. The van der Waals surface area contributed by atoms with E-state index in [-0.39, 0.29) is 67.7 Å². The number of nitrogens with zero attached hydrogens (tertiary/aromatic N) is 2. The fourth-order valence-electron chi connectivity index (χ4n) is 9.92. The lowest BCUT2D eigenvalue weighted by atomic mass is 9.65. The van der Waals surface area contributed by atoms with Crippen LogP contribution in [0.4, 0.5) is 0 Å². The van der Waals surface area contributed by atoms with Crippen LogP contribution in [-0.4, -0.2) is 88.4 Å². The number of H-pyrrole nitrogens is 1. The van der Waals surface area contributed by atoms with Gasteiger partial charge in [-0.3, -0.25) is 19.2 Å². The summed E-state index contributed by atoms with van der Waals surface area (Å²) in [7, 11) is 1.69. The first-order valence-corrected chi connectivity index (χ1v) is 21.3. The molecule has 0 bridgehead atoms. The van der Waals surface area contributed by atoms with Gasteiger partial charge < -0.3 is 38.8 Å². The molecule has 59 heavy (non-hydrogen) atoms. The second-order valence-corrected chi connectivity index (χ2v) is 18.0. The highest BCUT2D eigenvalue weighted by atomic mass is 16.7. The number of amides is 2. The second kappa shape index (κ2) is 16.2. The van der Waals surface area contributed by atoms with E-state index in [1.165, 1.54) is 10.5 Å². The summed E-state index contributed by atoms with van der Waals surface area (Å²) in [6.45, 7) is 10.6. The van der Waals surface area contributed by atoms with Crippen molar-refractivity contribution in [3.63, 3.8) is 0 Å². The van der Waals surface area contributed by atoms with Gasteiger partial charge in [0.15, 0.2) is 11.5 Å². The third-order valence-corrected chi connectivity index (χ3v) is 13.5. The fourth-order valence-corrected chi connectivity index (χ4v) is 9.92. The van der Waals surface area contributed by atoms with Crippen molar-refractivity contribution in [3.05, 3.63) is 83.1 Å². The number of hydrogen-bond donors (Lipinski definition) is 2. The van der Waals surface area contributed by atoms with Crippen molar-refractivity contribution >= 4 is 34.7 Å². The quantitative estimate of drug-likeness (QED) is 0.246. The summed E-state index contributed by atoms with van der Waals surface area (Å²) >= 11 is 0. The number of rotatable bonds is 7. The number of cyclic esters (lactones) is 1. The average molecular weight is 808 g/mol. The zero-order chi connectivity index (χ0) is 41.7. The van der Waals surface area contributed by atoms with Gasteiger partial charge >= 0.3 is 11.9 Å². The van der Waals surface area contributed by atoms with E-state index >= 15 is 0 Å². The van der Waals surface area contributed by atoms with Crippen LogP contribution in [0.25, 0.3) is 10.9 Å². The smallest absolute Gasteiger partial charge is 0.311 e. The zero-order valence-corrected chi connectivity index (χ0v) is 34.9. The Bertz CT molecular complexity index is 2190. The highest BCUT2D eigenvalue weighted by Crippen LogP contribution is 2.47. The number of aliphatic hydroxyl groups is 1. The fraction of sp³-hybridized carbons (Fsp3) is 0.532. The number of allylic oxidation sites excluding steroid dienone is 3. The minimum absolute atomic E-state index is 0.0220. The van der Waals surface area contributed by atoms with Crippen LogP contribution in [0, 0.1) is 29.1 Å². The predicted molar refractivity (Wildman–Crippen MR) is 220 cm³/mol. The normalized spacial score (nSPS) is 29.8. The van der Waals surface area contributed by atoms with Crippen LogP contribution in [0.1, 0.15) is 96.0 Å². The Morgan fingerprint density at radius 3 is 2.58 bits per heavy atom. The van der Waals surface area contributed by atoms with Gasteiger partial charge in [0.1, 0.15) is 18.2 Å². The summed E-state index contributed by atoms with van der Waals surface area (Å²) in [5.74, 6) is 2.06. The molecular formula is C47H57N3O9. The number of ether oxygens (including phenoxy) is 4. The number of benzene rings is 2. The van der Waals surface area contributed by atoms with Crippen molar-refractivity contribution in [3.8, 4) is 11.5 Å². The minimum Gasteiger partial charge on any atom is -0.462 e. The molecular weight excluding hydrogens is 751 g/mol. The molecule has 0 radical (unpaired) electrons. The summed E-state index contributed by atoms with van der Waals surface area (Å²) in [5.41, 5.74) is 4.76. The summed E-state index contributed by atoms with van der Waals surface area (Å²) in [5, 5.41) is 11.0. The summed E-state index contributed by atoms with van der Waals surface area (Å²) < 4.78 is 22.6. The Hall–Kier alpha value is -5.10. The number of hydrogen-bond acceptors (Lipinski definition) is 9. The van der Waals surface area contributed by atoms with E-state index < -0.39 is 17.6 Å². The van der Waals surface area contributed by atoms with Crippen molar-refractivity contribution in [1.82, 2.24) is 14.8 Å². The lowest BCUT2D eigenvalue weighted by Crippen LogP contribution is -2.62. The highest BCUT2D eigenvalue weighted by Gasteiger charge is 2.48. The molecule has 9 rings (SSSR count). The number of aliphatic hydroxyl groups excluding tert-OH is 1. The number of carbonyl (C=O) groups is 4. The number of likely N-dealkylation sites (N-methyl/N-ethyl adjacent to an activating group) is 1. The molecule has 12 heteroatoms. The van der Waals surface area contributed by atoms with Gasteiger partial charge in [-0.15, -0.1) is 0 Å². The third-order valence-electron chi connectivity index (χ3n) is 13.5. The van der Waals surface area contributed by atoms with E-state index in [2.05, 4.69) is 43.1 Å². The molecule has 2 N–H and O–H groups in total. The van der Waals surface area contributed by atoms with Gasteiger partial charge in [0, 0.05) is 42.4 Å². The van der Waals surface area contributed by atoms with Crippen LogP contribution in [0.2, 0.25) is 0 Å². The van der Waals surface area contributed by atoms with E-state index in [4.69, 9.17) is 18.9 Å². The summed E-state index contributed by atoms with van der Waals surface area (Å²) in [4.78, 5) is 57.5. The van der Waals surface area contributed by atoms with Crippen molar-refractivity contribution in [1.29, 1.82) is 0 Å². The second-order valence-electron chi connectivity index (χ2n) is 18.0. The molecule has 9 atom stereocenters. The van der Waals surface area contributed by atoms with Crippen LogP contribution in [-0.2, 0) is 35.1 Å². The zero-order valence-electron chi connectivity index (χ0n) is 34.9. The topological polar surface area (TPSA) is 148 Å². The number of carbonyl (C=O) groups excluding carboxylic acids is 4. The molecule has 5 heterocycles. The number of aromatic amines is 1. The summed E-state index contributed by atoms with van der Waals surface area (Å²) in [6, 6.07) is 12.9. The monoisotopic (exact) mass is 807 g/mol. The maximum Gasteiger partial charge on any atom is 0.311 e. The molecule has 2 aromatic carbocycles. The van der Waals surface area contributed by atoms with Crippen molar-refractivity contribution in [2.75, 3.05) is 20.4 Å². The molecule has 2 amide bonds. The first-order chi connectivity index (χ1) is 28.2. The SMILES string of the molecule is CCC(C)(C)C(=O)O[C@H]1C[C@@H](C)C=C2C=C[C@H](C)[C@H](CC[C@@H]3C[C@@H](O)CC(=O)O3)[C@H]21.CN1CC(=O)N2[C@H](c3ccc4c(c3)OCO4)c3[nH]c4ccccc4c3C[C@@H]2C1=O. The molecule has 1 aromatic heterocycles. The van der Waals surface area contributed by atoms with Crippen molar-refractivity contribution in [2.24, 2.45) is 29.1 Å². The molecule has 6 aliphatic rings. The lowest BCUT2D eigenvalue weighted by Gasteiger charge is -2.46. The van der Waals surface area contributed by atoms with Crippen LogP contribution in [0.15, 0.2) is 66.3 Å². The van der Waals surface area contributed by atoms with Crippen LogP contribution >= 0.6 is 0 Å². The highest BCUT2D eigenvalue weighted by molar-refractivity contribution is 5.97. The predicted octanol–water partition coefficient (Wildman–Crippen LogP) is 6.80. The largest absolute Gasteiger partial charge is 0.462 e. The van der Waals surface area contributed by atoms with Crippen molar-refractivity contribution < 1.29 is 43.2 Å². The minimum atomic E-state index is -0.601. The van der Waals surface area contributed by atoms with Crippen molar-refractivity contribution in [2.45, 2.75) is 110 Å². The maximum absolute atomic E-state index is 13.1. The lowest BCUT2D eigenvalue weighted by molar-refractivity contribution is -0.166. The standard InChI is InChI=1S/C25H38O5.C22H19N3O4/c1-6-25(4,5)24(28)30-21-12-15(2)11-17-8-7-16(3)20(23(17)21)10-9-19-13-18(26)14-22(27)29-19;1-24-10-19(26)25-16(22(24)27)9-14-13-4-2-3-5-15(13)23-20(14)21(25)12-6-7-17-18(8-12)29-11-28-17/h7-8,11,15-16,18-21,23,26H,6,9-10,12-14H2,1-5H3;2-8,16,21,23H,9-11H2,1H3/t15-,16-,18+,19+,20-,21-,23-;16-,21-/m01/s1. The van der Waals surface area contributed by atoms with E-state index in [1.54, 1.807) is 11.9 Å². The molecule has 3 aromatic rings. The molecule has 314 valence electrons. The van der Waals surface area contributed by atoms with Gasteiger partial charge in [0.25, 0.3) is 0 Å². The van der Waals surface area contributed by atoms with Gasteiger partial charge in [-0.05, 0) is 92.2 Å². The van der Waals surface area contributed by atoms with Gasteiger partial charge in [-0.2, -0.15) is 0 Å². The first kappa shape index (κ1) is 40.7. The molecule has 12 nitrogen and oxygen atoms in total. The number of piperazine rings is 1. The number of para-hydroxylation sites is 1. The molecule has 0 saturated carbocycles. The molecule has 2 aliphatic carbocycles. The molecule has 4 aliphatic heterocycles. The van der Waals surface area contributed by atoms with Crippen LogP contribution in [0.5, 0.6) is 11.5 Å². The Balaban J connectivity index is 0.000000164. The third kappa shape index (κ3) is 7.88. The molecule has 2 fully saturated rings. The maximum atomic E-state index is 13.1. The Morgan fingerprint density at radius 2 is 1.80 bits per heavy atom. The first-order valence-electron chi connectivity index (χ1n) is 21.3. The average Bonchev–Trinajstić information content (AvgIpc) is 3.83. The van der Waals surface area contributed by atoms with Gasteiger partial charge in [0.2, 0.25) is 18.6 Å². The molecule has 0 unspecified atom stereocenters. The van der Waals surface area contributed by atoms with Crippen LogP contribution < -0.4 is 9.47 Å². The van der Waals surface area contributed by atoms with E-state index in [1.807, 2.05) is 57.2 Å². The number of fused-ring (bicyclic) bond motifs is 6. The number of aromatic nitrogens is 1. The number of nitrogens with one attached hydrogen (secondary N) is 1. The molecule has 2 saturated heterocycles. The van der Waals surface area contributed by atoms with Gasteiger partial charge in [0.05, 0.1) is 30.5 Å². The van der Waals surface area contributed by atoms with E-state index in [0.717, 1.165) is 53.4 Å². The Kier molecular flexibility index (Phi) is 11.1. The van der Waals surface area contributed by atoms with Gasteiger partial charge in [-0.1, -0.05) is 63.3 Å². The summed E-state index contributed by atoms with van der Waals surface area (Å²) in [6.07, 6.45) is 10.1. The Labute approximate surface area is 345 Å². The van der Waals surface area contributed by atoms with Gasteiger partial charge in [-0.25, -0.2) is 0 Å². The van der Waals surface area contributed by atoms with E-state index in [9.17, 15) is 24.3 Å².